The molecule has 1 aliphatic rings. The van der Waals surface area contributed by atoms with Crippen molar-refractivity contribution in [3.63, 3.8) is 0 Å². The summed E-state index contributed by atoms with van der Waals surface area (Å²) in [6.45, 7) is 1.78. The Labute approximate surface area is 145 Å². The first kappa shape index (κ1) is 16.5. The van der Waals surface area contributed by atoms with Crippen molar-refractivity contribution in [2.45, 2.75) is 19.8 Å². The van der Waals surface area contributed by atoms with Gasteiger partial charge >= 0.3 is 5.97 Å². The highest BCUT2D eigenvalue weighted by Gasteiger charge is 2.21. The molecule has 0 saturated heterocycles. The minimum atomic E-state index is -0.342. The second-order valence-corrected chi connectivity index (χ2v) is 6.07. The topological polar surface area (TPSA) is 52.6 Å². The largest absolute Gasteiger partial charge is 0.490 e. The van der Waals surface area contributed by atoms with Crippen LogP contribution >= 0.6 is 11.6 Å². The molecule has 0 heterocycles. The highest BCUT2D eigenvalue weighted by atomic mass is 35.5. The zero-order chi connectivity index (χ0) is 17.1. The van der Waals surface area contributed by atoms with Crippen LogP contribution in [0.1, 0.15) is 34.0 Å². The van der Waals surface area contributed by atoms with E-state index in [4.69, 9.17) is 21.1 Å². The van der Waals surface area contributed by atoms with Crippen LogP contribution in [-0.4, -0.2) is 25.0 Å². The molecule has 4 nitrogen and oxygen atoms in total. The molecule has 2 aromatic carbocycles. The van der Waals surface area contributed by atoms with Gasteiger partial charge < -0.3 is 9.47 Å². The number of halogens is 1. The number of benzene rings is 2. The van der Waals surface area contributed by atoms with Crippen LogP contribution in [0.2, 0.25) is 5.02 Å². The third-order valence-electron chi connectivity index (χ3n) is 3.96. The van der Waals surface area contributed by atoms with Gasteiger partial charge in [-0.05, 0) is 54.3 Å². The van der Waals surface area contributed by atoms with Crippen LogP contribution in [-0.2, 0) is 22.4 Å². The van der Waals surface area contributed by atoms with E-state index in [1.807, 2.05) is 18.2 Å². The average Bonchev–Trinajstić information content (AvgIpc) is 2.69. The lowest BCUT2D eigenvalue weighted by Crippen LogP contribution is -2.10. The van der Waals surface area contributed by atoms with Crippen molar-refractivity contribution < 1.29 is 19.1 Å². The fraction of sp³-hybridized carbons (Fsp3) is 0.263. The molecule has 0 unspecified atom stereocenters. The number of carbonyl (C=O) groups is 2. The monoisotopic (exact) mass is 344 g/mol. The van der Waals surface area contributed by atoms with Gasteiger partial charge in [-0.3, -0.25) is 9.59 Å². The quantitative estimate of drug-likeness (QED) is 0.628. The van der Waals surface area contributed by atoms with Crippen LogP contribution in [0.3, 0.4) is 0 Å². The van der Waals surface area contributed by atoms with Crippen LogP contribution in [0, 0.1) is 0 Å². The molecule has 0 saturated carbocycles. The van der Waals surface area contributed by atoms with Crippen LogP contribution in [0.4, 0.5) is 0 Å². The summed E-state index contributed by atoms with van der Waals surface area (Å²) in [4.78, 5) is 23.6. The number of ketones is 1. The summed E-state index contributed by atoms with van der Waals surface area (Å²) < 4.78 is 10.4. The zero-order valence-electron chi connectivity index (χ0n) is 13.3. The summed E-state index contributed by atoms with van der Waals surface area (Å²) in [6.07, 6.45) is 1.56. The molecule has 0 fully saturated rings. The molecular weight excluding hydrogens is 328 g/mol. The first-order chi connectivity index (χ1) is 11.5. The van der Waals surface area contributed by atoms with Crippen molar-refractivity contribution in [1.82, 2.24) is 0 Å². The zero-order valence-corrected chi connectivity index (χ0v) is 14.1. The molecule has 1 aliphatic carbocycles. The molecule has 0 radical (unpaired) electrons. The molecule has 0 amide bonds. The standard InChI is InChI=1S/C19H17ClO4/c1-12(21)23-8-9-24-16-6-4-13-2-3-14-10-15(20)5-7-17(14)19(22)18(13)11-16/h4-7,10-11H,2-3,8-9H2,1H3. The number of aryl methyl sites for hydroxylation is 2. The van der Waals surface area contributed by atoms with Gasteiger partial charge in [-0.15, -0.1) is 0 Å². The van der Waals surface area contributed by atoms with E-state index in [0.717, 1.165) is 24.0 Å². The molecule has 0 aliphatic heterocycles. The molecule has 0 N–H and O–H groups in total. The fourth-order valence-electron chi connectivity index (χ4n) is 2.82. The van der Waals surface area contributed by atoms with Gasteiger partial charge in [-0.1, -0.05) is 17.7 Å². The maximum Gasteiger partial charge on any atom is 0.302 e. The number of hydrogen-bond donors (Lipinski definition) is 0. The average molecular weight is 345 g/mol. The SMILES string of the molecule is CC(=O)OCCOc1ccc2c(c1)C(=O)c1ccc(Cl)cc1CC2. The first-order valence-electron chi connectivity index (χ1n) is 7.77. The molecule has 2 aromatic rings. The Bertz CT molecular complexity index is 798. The summed E-state index contributed by atoms with van der Waals surface area (Å²) >= 11 is 6.04. The second-order valence-electron chi connectivity index (χ2n) is 5.64. The Balaban J connectivity index is 1.82. The van der Waals surface area contributed by atoms with Gasteiger partial charge in [-0.25, -0.2) is 0 Å². The number of rotatable bonds is 4. The molecule has 0 aromatic heterocycles. The van der Waals surface area contributed by atoms with E-state index in [0.29, 0.717) is 21.9 Å². The van der Waals surface area contributed by atoms with E-state index in [9.17, 15) is 9.59 Å². The van der Waals surface area contributed by atoms with E-state index in [2.05, 4.69) is 0 Å². The molecule has 24 heavy (non-hydrogen) atoms. The summed E-state index contributed by atoms with van der Waals surface area (Å²) in [6, 6.07) is 10.9. The Morgan fingerprint density at radius 2 is 1.83 bits per heavy atom. The second kappa shape index (κ2) is 7.05. The van der Waals surface area contributed by atoms with E-state index in [-0.39, 0.29) is 25.0 Å². The number of ether oxygens (including phenoxy) is 2. The molecular formula is C19H17ClO4. The van der Waals surface area contributed by atoms with Crippen LogP contribution in [0.25, 0.3) is 0 Å². The predicted molar refractivity (Wildman–Crippen MR) is 90.9 cm³/mol. The predicted octanol–water partition coefficient (Wildman–Crippen LogP) is 3.61. The van der Waals surface area contributed by atoms with Crippen LogP contribution in [0.15, 0.2) is 36.4 Å². The van der Waals surface area contributed by atoms with Gasteiger partial charge in [0.2, 0.25) is 0 Å². The Hall–Kier alpha value is -2.33. The van der Waals surface area contributed by atoms with Gasteiger partial charge in [0.15, 0.2) is 5.78 Å². The van der Waals surface area contributed by atoms with Gasteiger partial charge in [0.05, 0.1) is 0 Å². The van der Waals surface area contributed by atoms with Crippen molar-refractivity contribution in [2.75, 3.05) is 13.2 Å². The fourth-order valence-corrected chi connectivity index (χ4v) is 3.02. The summed E-state index contributed by atoms with van der Waals surface area (Å²) in [7, 11) is 0. The third-order valence-corrected chi connectivity index (χ3v) is 4.19. The summed E-state index contributed by atoms with van der Waals surface area (Å²) in [5, 5.41) is 0.641. The van der Waals surface area contributed by atoms with Crippen molar-refractivity contribution in [1.29, 1.82) is 0 Å². The molecule has 0 spiro atoms. The van der Waals surface area contributed by atoms with Crippen molar-refractivity contribution in [2.24, 2.45) is 0 Å². The normalized spacial score (nSPS) is 12.8. The lowest BCUT2D eigenvalue weighted by molar-refractivity contribution is -0.141. The lowest BCUT2D eigenvalue weighted by atomic mass is 9.99. The van der Waals surface area contributed by atoms with Crippen molar-refractivity contribution >= 4 is 23.4 Å². The van der Waals surface area contributed by atoms with Crippen molar-refractivity contribution in [3.8, 4) is 5.75 Å². The van der Waals surface area contributed by atoms with Crippen LogP contribution in [0.5, 0.6) is 5.75 Å². The van der Waals surface area contributed by atoms with Gasteiger partial charge in [0.25, 0.3) is 0 Å². The van der Waals surface area contributed by atoms with E-state index in [1.165, 1.54) is 6.92 Å². The minimum absolute atomic E-state index is 0.0143. The number of hydrogen-bond acceptors (Lipinski definition) is 4. The number of carbonyl (C=O) groups excluding carboxylic acids is 2. The molecule has 3 rings (SSSR count). The highest BCUT2D eigenvalue weighted by Crippen LogP contribution is 2.29. The summed E-state index contributed by atoms with van der Waals surface area (Å²) in [5.41, 5.74) is 3.32. The minimum Gasteiger partial charge on any atom is -0.490 e. The number of fused-ring (bicyclic) bond motifs is 2. The van der Waals surface area contributed by atoms with Crippen molar-refractivity contribution in [3.05, 3.63) is 63.7 Å². The smallest absolute Gasteiger partial charge is 0.302 e. The molecule has 124 valence electrons. The number of esters is 1. The van der Waals surface area contributed by atoms with E-state index >= 15 is 0 Å². The van der Waals surface area contributed by atoms with E-state index < -0.39 is 0 Å². The molecule has 0 bridgehead atoms. The Morgan fingerprint density at radius 3 is 2.62 bits per heavy atom. The Morgan fingerprint density at radius 1 is 1.04 bits per heavy atom. The highest BCUT2D eigenvalue weighted by molar-refractivity contribution is 6.30. The lowest BCUT2D eigenvalue weighted by Gasteiger charge is -2.10. The van der Waals surface area contributed by atoms with Gasteiger partial charge in [0.1, 0.15) is 19.0 Å². The van der Waals surface area contributed by atoms with Crippen LogP contribution < -0.4 is 4.74 Å². The van der Waals surface area contributed by atoms with Gasteiger partial charge in [0, 0.05) is 23.1 Å². The first-order valence-corrected chi connectivity index (χ1v) is 8.14. The molecule has 5 heteroatoms. The maximum atomic E-state index is 12.8. The Kier molecular flexibility index (Phi) is 4.86. The summed E-state index contributed by atoms with van der Waals surface area (Å²) in [5.74, 6) is 0.234. The van der Waals surface area contributed by atoms with E-state index in [1.54, 1.807) is 18.2 Å². The third kappa shape index (κ3) is 3.60. The van der Waals surface area contributed by atoms with Gasteiger partial charge in [-0.2, -0.15) is 0 Å². The maximum absolute atomic E-state index is 12.8. The molecule has 0 atom stereocenters.